The molecule has 1 rings (SSSR count). The highest BCUT2D eigenvalue weighted by atomic mass is 35.5. The molecule has 0 unspecified atom stereocenters. The van der Waals surface area contributed by atoms with Crippen LogP contribution in [-0.4, -0.2) is 26.0 Å². The Morgan fingerprint density at radius 2 is 2.17 bits per heavy atom. The van der Waals surface area contributed by atoms with E-state index >= 15 is 0 Å². The van der Waals surface area contributed by atoms with Crippen LogP contribution in [0.15, 0.2) is 23.1 Å². The van der Waals surface area contributed by atoms with Crippen molar-refractivity contribution in [2.24, 2.45) is 5.92 Å². The molecule has 0 atom stereocenters. The molecule has 102 valence electrons. The van der Waals surface area contributed by atoms with Crippen LogP contribution in [0.3, 0.4) is 0 Å². The van der Waals surface area contributed by atoms with Crippen molar-refractivity contribution >= 4 is 23.4 Å². The summed E-state index contributed by atoms with van der Waals surface area (Å²) < 4.78 is 4.99. The number of methoxy groups -OCH3 is 1. The van der Waals surface area contributed by atoms with E-state index in [0.29, 0.717) is 5.92 Å². The monoisotopic (exact) mass is 287 g/mol. The van der Waals surface area contributed by atoms with Crippen molar-refractivity contribution in [1.82, 2.24) is 5.32 Å². The van der Waals surface area contributed by atoms with Crippen LogP contribution in [0.2, 0.25) is 5.02 Å². The van der Waals surface area contributed by atoms with Gasteiger partial charge in [-0.3, -0.25) is 0 Å². The summed E-state index contributed by atoms with van der Waals surface area (Å²) in [4.78, 5) is 1.17. The Morgan fingerprint density at radius 3 is 2.78 bits per heavy atom. The van der Waals surface area contributed by atoms with E-state index in [1.807, 2.05) is 17.8 Å². The zero-order valence-corrected chi connectivity index (χ0v) is 12.9. The number of hydrogen-bond acceptors (Lipinski definition) is 3. The van der Waals surface area contributed by atoms with E-state index in [1.54, 1.807) is 7.11 Å². The van der Waals surface area contributed by atoms with Gasteiger partial charge in [-0.25, -0.2) is 0 Å². The first-order valence-electron chi connectivity index (χ1n) is 6.24. The summed E-state index contributed by atoms with van der Waals surface area (Å²) in [6.45, 7) is 6.86. The molecule has 1 aromatic carbocycles. The second-order valence-electron chi connectivity index (χ2n) is 4.64. The maximum atomic E-state index is 6.28. The van der Waals surface area contributed by atoms with Gasteiger partial charge in [0.1, 0.15) is 0 Å². The fourth-order valence-corrected chi connectivity index (χ4v) is 2.68. The second-order valence-corrected chi connectivity index (χ2v) is 6.11. The molecule has 0 bridgehead atoms. The molecule has 4 heteroatoms. The predicted molar refractivity (Wildman–Crippen MR) is 80.6 cm³/mol. The molecule has 0 saturated carbocycles. The van der Waals surface area contributed by atoms with Crippen LogP contribution in [0, 0.1) is 5.92 Å². The first kappa shape index (κ1) is 15.8. The fraction of sp³-hybridized carbons (Fsp3) is 0.571. The largest absolute Gasteiger partial charge is 0.383 e. The van der Waals surface area contributed by atoms with Crippen LogP contribution in [0.4, 0.5) is 0 Å². The van der Waals surface area contributed by atoms with E-state index in [-0.39, 0.29) is 0 Å². The highest BCUT2D eigenvalue weighted by Gasteiger charge is 2.04. The van der Waals surface area contributed by atoms with E-state index in [9.17, 15) is 0 Å². The van der Waals surface area contributed by atoms with Gasteiger partial charge in [0, 0.05) is 30.8 Å². The van der Waals surface area contributed by atoms with Crippen LogP contribution in [0.25, 0.3) is 0 Å². The molecule has 18 heavy (non-hydrogen) atoms. The third-order valence-electron chi connectivity index (χ3n) is 2.38. The number of hydrogen-bond donors (Lipinski definition) is 1. The van der Waals surface area contributed by atoms with E-state index in [2.05, 4.69) is 31.3 Å². The average molecular weight is 288 g/mol. The van der Waals surface area contributed by atoms with Gasteiger partial charge in [0.15, 0.2) is 0 Å². The minimum atomic E-state index is 0.682. The lowest BCUT2D eigenvalue weighted by atomic mass is 10.2. The Bertz CT molecular complexity index is 358. The predicted octanol–water partition coefficient (Wildman–Crippen LogP) is 3.82. The molecule has 0 aliphatic heterocycles. The van der Waals surface area contributed by atoms with Crippen molar-refractivity contribution in [1.29, 1.82) is 0 Å². The van der Waals surface area contributed by atoms with E-state index in [1.165, 1.54) is 10.5 Å². The molecule has 0 aliphatic carbocycles. The zero-order chi connectivity index (χ0) is 13.4. The second kappa shape index (κ2) is 8.81. The SMILES string of the molecule is COCCNCc1ccc(SCC(C)C)c(Cl)c1. The lowest BCUT2D eigenvalue weighted by molar-refractivity contribution is 0.199. The van der Waals surface area contributed by atoms with Crippen LogP contribution < -0.4 is 5.32 Å². The Morgan fingerprint density at radius 1 is 1.39 bits per heavy atom. The summed E-state index contributed by atoms with van der Waals surface area (Å²) in [5, 5.41) is 4.16. The molecule has 0 radical (unpaired) electrons. The lowest BCUT2D eigenvalue weighted by Gasteiger charge is -2.09. The molecule has 0 amide bonds. The van der Waals surface area contributed by atoms with Gasteiger partial charge in [0.2, 0.25) is 0 Å². The Labute approximate surface area is 119 Å². The molecule has 0 fully saturated rings. The fourth-order valence-electron chi connectivity index (χ4n) is 1.43. The normalized spacial score (nSPS) is 11.2. The summed E-state index contributed by atoms with van der Waals surface area (Å²) in [5.41, 5.74) is 1.21. The summed E-state index contributed by atoms with van der Waals surface area (Å²) >= 11 is 8.10. The maximum Gasteiger partial charge on any atom is 0.0587 e. The molecular weight excluding hydrogens is 266 g/mol. The van der Waals surface area contributed by atoms with E-state index in [4.69, 9.17) is 16.3 Å². The number of thioether (sulfide) groups is 1. The van der Waals surface area contributed by atoms with Gasteiger partial charge in [0.25, 0.3) is 0 Å². The van der Waals surface area contributed by atoms with Gasteiger partial charge in [-0.05, 0) is 23.6 Å². The van der Waals surface area contributed by atoms with Gasteiger partial charge < -0.3 is 10.1 Å². The van der Waals surface area contributed by atoms with Gasteiger partial charge in [-0.15, -0.1) is 11.8 Å². The van der Waals surface area contributed by atoms with Crippen molar-refractivity contribution in [3.8, 4) is 0 Å². The Kier molecular flexibility index (Phi) is 7.75. The number of rotatable bonds is 8. The first-order chi connectivity index (χ1) is 8.63. The van der Waals surface area contributed by atoms with Gasteiger partial charge in [0.05, 0.1) is 11.6 Å². The molecule has 0 aromatic heterocycles. The van der Waals surface area contributed by atoms with Crippen molar-refractivity contribution < 1.29 is 4.74 Å². The van der Waals surface area contributed by atoms with Gasteiger partial charge in [-0.1, -0.05) is 31.5 Å². The lowest BCUT2D eigenvalue weighted by Crippen LogP contribution is -2.18. The summed E-state index contributed by atoms with van der Waals surface area (Å²) in [6, 6.07) is 6.29. The smallest absolute Gasteiger partial charge is 0.0587 e. The number of ether oxygens (including phenoxy) is 1. The van der Waals surface area contributed by atoms with Gasteiger partial charge >= 0.3 is 0 Å². The van der Waals surface area contributed by atoms with Crippen molar-refractivity contribution in [3.05, 3.63) is 28.8 Å². The van der Waals surface area contributed by atoms with Crippen LogP contribution in [-0.2, 0) is 11.3 Å². The maximum absolute atomic E-state index is 6.28. The van der Waals surface area contributed by atoms with E-state index in [0.717, 1.165) is 30.5 Å². The Balaban J connectivity index is 2.46. The highest BCUT2D eigenvalue weighted by molar-refractivity contribution is 7.99. The third-order valence-corrected chi connectivity index (χ3v) is 4.31. The summed E-state index contributed by atoms with van der Waals surface area (Å²) in [7, 11) is 1.71. The minimum Gasteiger partial charge on any atom is -0.383 e. The van der Waals surface area contributed by atoms with Crippen molar-refractivity contribution in [3.63, 3.8) is 0 Å². The molecule has 0 spiro atoms. The molecule has 0 saturated heterocycles. The van der Waals surface area contributed by atoms with Crippen LogP contribution in [0.5, 0.6) is 0 Å². The molecule has 2 nitrogen and oxygen atoms in total. The molecule has 0 heterocycles. The Hall–Kier alpha value is -0.220. The standard InChI is InChI=1S/C14H22ClNOS/c1-11(2)10-18-14-5-4-12(8-13(14)15)9-16-6-7-17-3/h4-5,8,11,16H,6-7,9-10H2,1-3H3. The van der Waals surface area contributed by atoms with E-state index < -0.39 is 0 Å². The van der Waals surface area contributed by atoms with Crippen LogP contribution >= 0.6 is 23.4 Å². The highest BCUT2D eigenvalue weighted by Crippen LogP contribution is 2.29. The number of halogens is 1. The zero-order valence-electron chi connectivity index (χ0n) is 11.3. The summed E-state index contributed by atoms with van der Waals surface area (Å²) in [6.07, 6.45) is 0. The molecule has 0 aliphatic rings. The minimum absolute atomic E-state index is 0.682. The third kappa shape index (κ3) is 6.10. The molecule has 1 N–H and O–H groups in total. The van der Waals surface area contributed by atoms with Crippen molar-refractivity contribution in [2.45, 2.75) is 25.3 Å². The molecule has 1 aromatic rings. The topological polar surface area (TPSA) is 21.3 Å². The van der Waals surface area contributed by atoms with Gasteiger partial charge in [-0.2, -0.15) is 0 Å². The molecular formula is C14H22ClNOS. The quantitative estimate of drug-likeness (QED) is 0.580. The number of nitrogens with one attached hydrogen (secondary N) is 1. The first-order valence-corrected chi connectivity index (χ1v) is 7.60. The van der Waals surface area contributed by atoms with Crippen LogP contribution in [0.1, 0.15) is 19.4 Å². The average Bonchev–Trinajstić information content (AvgIpc) is 2.33. The van der Waals surface area contributed by atoms with Crippen molar-refractivity contribution in [2.75, 3.05) is 26.0 Å². The summed E-state index contributed by atoms with van der Waals surface area (Å²) in [5.74, 6) is 1.78. The number of benzene rings is 1.